The first-order valence-corrected chi connectivity index (χ1v) is 14.1. The summed E-state index contributed by atoms with van der Waals surface area (Å²) in [7, 11) is 0. The second-order valence-corrected chi connectivity index (χ2v) is 10.6. The molecule has 0 bridgehead atoms. The summed E-state index contributed by atoms with van der Waals surface area (Å²) in [5.74, 6) is 0.655. The van der Waals surface area contributed by atoms with Crippen LogP contribution in [0.3, 0.4) is 0 Å². The Morgan fingerprint density at radius 1 is 1.15 bits per heavy atom. The first-order chi connectivity index (χ1) is 20.0. The van der Waals surface area contributed by atoms with Gasteiger partial charge >= 0.3 is 0 Å². The number of nitrogens with one attached hydrogen (secondary N) is 1. The van der Waals surface area contributed by atoms with E-state index >= 15 is 0 Å². The zero-order chi connectivity index (χ0) is 28.3. The fourth-order valence-electron chi connectivity index (χ4n) is 5.35. The second-order valence-electron chi connectivity index (χ2n) is 10.2. The number of amides is 1. The van der Waals surface area contributed by atoms with Gasteiger partial charge in [0.25, 0.3) is 0 Å². The van der Waals surface area contributed by atoms with Gasteiger partial charge in [-0.15, -0.1) is 0 Å². The van der Waals surface area contributed by atoms with Gasteiger partial charge in [-0.05, 0) is 49.2 Å². The van der Waals surface area contributed by atoms with Crippen molar-refractivity contribution >= 4 is 39.9 Å². The molecule has 11 heteroatoms. The molecule has 2 fully saturated rings. The van der Waals surface area contributed by atoms with Gasteiger partial charge in [0.05, 0.1) is 22.8 Å². The number of fused-ring (bicyclic) bond motifs is 1. The molecule has 4 heterocycles. The van der Waals surface area contributed by atoms with E-state index in [9.17, 15) is 9.18 Å². The van der Waals surface area contributed by atoms with Crippen molar-refractivity contribution in [2.24, 2.45) is 0 Å². The molecule has 2 aliphatic heterocycles. The van der Waals surface area contributed by atoms with Gasteiger partial charge in [-0.25, -0.2) is 14.4 Å². The lowest BCUT2D eigenvalue weighted by molar-refractivity contribution is -0.127. The van der Waals surface area contributed by atoms with Crippen LogP contribution in [-0.2, 0) is 9.53 Å². The largest absolute Gasteiger partial charge is 0.490 e. The fraction of sp³-hybridized carbons (Fsp3) is 0.333. The number of aromatic nitrogens is 4. The van der Waals surface area contributed by atoms with E-state index in [1.807, 2.05) is 23.0 Å². The van der Waals surface area contributed by atoms with Crippen LogP contribution >= 0.6 is 11.6 Å². The molecule has 2 aromatic heterocycles. The smallest absolute Gasteiger partial charge is 0.245 e. The number of anilines is 2. The molecule has 9 nitrogen and oxygen atoms in total. The first-order valence-electron chi connectivity index (χ1n) is 13.7. The third-order valence-corrected chi connectivity index (χ3v) is 7.91. The number of piperidine rings is 1. The van der Waals surface area contributed by atoms with Crippen molar-refractivity contribution in [2.45, 2.75) is 37.8 Å². The fourth-order valence-corrected chi connectivity index (χ4v) is 5.53. The SMILES string of the molecule is C=CC(=O)N1CCC(Oc2cc3c(Nc4ccc(F)c(Cl)c4)ncnc3cc2-c2cnn(C3CCOCC3)c2)CC1. The molecule has 0 spiro atoms. The number of ether oxygens (including phenoxy) is 2. The van der Waals surface area contributed by atoms with Crippen LogP contribution in [0.5, 0.6) is 5.75 Å². The van der Waals surface area contributed by atoms with Crippen LogP contribution in [0.2, 0.25) is 5.02 Å². The Morgan fingerprint density at radius 3 is 2.71 bits per heavy atom. The van der Waals surface area contributed by atoms with E-state index in [0.29, 0.717) is 48.7 Å². The van der Waals surface area contributed by atoms with Gasteiger partial charge < -0.3 is 19.7 Å². The lowest BCUT2D eigenvalue weighted by atomic mass is 10.0. The molecule has 2 aliphatic rings. The Kier molecular flexibility index (Phi) is 7.84. The summed E-state index contributed by atoms with van der Waals surface area (Å²) in [4.78, 5) is 22.9. The third kappa shape index (κ3) is 5.89. The lowest BCUT2D eigenvalue weighted by Gasteiger charge is -2.32. The molecular formula is C30H30ClFN6O3. The summed E-state index contributed by atoms with van der Waals surface area (Å²) in [5.41, 5.74) is 3.10. The normalized spacial score (nSPS) is 16.6. The monoisotopic (exact) mass is 576 g/mol. The molecule has 0 saturated carbocycles. The van der Waals surface area contributed by atoms with Crippen LogP contribution in [0.15, 0.2) is 61.7 Å². The molecule has 2 saturated heterocycles. The average molecular weight is 577 g/mol. The minimum Gasteiger partial charge on any atom is -0.490 e. The number of carbonyl (C=O) groups is 1. The number of halogens is 2. The van der Waals surface area contributed by atoms with Crippen molar-refractivity contribution in [1.82, 2.24) is 24.6 Å². The third-order valence-electron chi connectivity index (χ3n) is 7.62. The van der Waals surface area contributed by atoms with Crippen LogP contribution in [0.25, 0.3) is 22.0 Å². The number of nitrogens with zero attached hydrogens (tertiary/aromatic N) is 5. The standard InChI is InChI=1S/C30H30ClFN6O3/c1-2-29(39)37-9-5-22(6-10-37)41-28-15-24-27(33-18-34-30(24)36-20-3-4-26(32)25(31)13-20)14-23(28)19-16-35-38(17-19)21-7-11-40-12-8-21/h2-4,13-18,21-22H,1,5-12H2,(H,33,34,36). The number of rotatable bonds is 7. The van der Waals surface area contributed by atoms with Crippen molar-refractivity contribution in [3.05, 3.63) is 72.5 Å². The maximum atomic E-state index is 13.7. The molecule has 41 heavy (non-hydrogen) atoms. The Balaban J connectivity index is 1.36. The molecule has 2 aromatic carbocycles. The Bertz CT molecular complexity index is 1580. The number of likely N-dealkylation sites (tertiary alicyclic amines) is 1. The summed E-state index contributed by atoms with van der Waals surface area (Å²) in [6.45, 7) is 6.25. The van der Waals surface area contributed by atoms with E-state index in [4.69, 9.17) is 21.1 Å². The van der Waals surface area contributed by atoms with E-state index in [0.717, 1.165) is 42.6 Å². The molecular weight excluding hydrogens is 547 g/mol. The topological polar surface area (TPSA) is 94.4 Å². The number of hydrogen-bond acceptors (Lipinski definition) is 7. The maximum absolute atomic E-state index is 13.7. The summed E-state index contributed by atoms with van der Waals surface area (Å²) in [5, 5.41) is 8.67. The quantitative estimate of drug-likeness (QED) is 0.272. The predicted molar refractivity (Wildman–Crippen MR) is 155 cm³/mol. The lowest BCUT2D eigenvalue weighted by Crippen LogP contribution is -2.41. The highest BCUT2D eigenvalue weighted by Gasteiger charge is 2.25. The molecule has 212 valence electrons. The van der Waals surface area contributed by atoms with Crippen molar-refractivity contribution in [2.75, 3.05) is 31.6 Å². The molecule has 0 radical (unpaired) electrons. The van der Waals surface area contributed by atoms with Crippen molar-refractivity contribution in [3.8, 4) is 16.9 Å². The van der Waals surface area contributed by atoms with Gasteiger partial charge in [-0.2, -0.15) is 5.10 Å². The molecule has 0 aliphatic carbocycles. The van der Waals surface area contributed by atoms with Gasteiger partial charge in [0.2, 0.25) is 5.91 Å². The second kappa shape index (κ2) is 11.8. The molecule has 1 amide bonds. The van der Waals surface area contributed by atoms with E-state index in [-0.39, 0.29) is 23.1 Å². The van der Waals surface area contributed by atoms with Gasteiger partial charge in [0, 0.05) is 67.5 Å². The highest BCUT2D eigenvalue weighted by Crippen LogP contribution is 2.38. The summed E-state index contributed by atoms with van der Waals surface area (Å²) in [6, 6.07) is 8.63. The molecule has 0 unspecified atom stereocenters. The predicted octanol–water partition coefficient (Wildman–Crippen LogP) is 5.94. The van der Waals surface area contributed by atoms with Gasteiger partial charge in [0.1, 0.15) is 29.8 Å². The minimum atomic E-state index is -0.493. The Hall–Kier alpha value is -4.02. The summed E-state index contributed by atoms with van der Waals surface area (Å²) < 4.78 is 27.9. The number of benzene rings is 2. The van der Waals surface area contributed by atoms with Gasteiger partial charge in [-0.1, -0.05) is 18.2 Å². The van der Waals surface area contributed by atoms with E-state index < -0.39 is 5.82 Å². The minimum absolute atomic E-state index is 0.0162. The number of hydrogen-bond donors (Lipinski definition) is 1. The molecule has 6 rings (SSSR count). The van der Waals surface area contributed by atoms with Gasteiger partial charge in [0.15, 0.2) is 0 Å². The maximum Gasteiger partial charge on any atom is 0.245 e. The van der Waals surface area contributed by atoms with E-state index in [1.165, 1.54) is 24.5 Å². The van der Waals surface area contributed by atoms with Crippen molar-refractivity contribution in [1.29, 1.82) is 0 Å². The summed E-state index contributed by atoms with van der Waals surface area (Å²) >= 11 is 6.01. The highest BCUT2D eigenvalue weighted by atomic mass is 35.5. The average Bonchev–Trinajstić information content (AvgIpc) is 3.50. The molecule has 4 aromatic rings. The number of carbonyl (C=O) groups excluding carboxylic acids is 1. The van der Waals surface area contributed by atoms with Crippen LogP contribution in [0, 0.1) is 5.82 Å². The Labute approximate surface area is 241 Å². The Morgan fingerprint density at radius 2 is 1.95 bits per heavy atom. The highest BCUT2D eigenvalue weighted by molar-refractivity contribution is 6.31. The van der Waals surface area contributed by atoms with Crippen LogP contribution in [0.4, 0.5) is 15.9 Å². The first kappa shape index (κ1) is 27.2. The zero-order valence-corrected chi connectivity index (χ0v) is 23.2. The van der Waals surface area contributed by atoms with Crippen molar-refractivity contribution < 1.29 is 18.7 Å². The van der Waals surface area contributed by atoms with Crippen LogP contribution in [-0.4, -0.2) is 63.0 Å². The van der Waals surface area contributed by atoms with E-state index in [2.05, 4.69) is 33.2 Å². The summed E-state index contributed by atoms with van der Waals surface area (Å²) in [6.07, 6.45) is 9.89. The van der Waals surface area contributed by atoms with Crippen LogP contribution in [0.1, 0.15) is 31.7 Å². The van der Waals surface area contributed by atoms with Crippen molar-refractivity contribution in [3.63, 3.8) is 0 Å². The van der Waals surface area contributed by atoms with Crippen LogP contribution < -0.4 is 10.1 Å². The molecule has 1 N–H and O–H groups in total. The molecule has 0 atom stereocenters. The van der Waals surface area contributed by atoms with E-state index in [1.54, 1.807) is 11.0 Å². The van der Waals surface area contributed by atoms with Gasteiger partial charge in [-0.3, -0.25) is 9.48 Å². The zero-order valence-electron chi connectivity index (χ0n) is 22.4.